The topological polar surface area (TPSA) is 149 Å². The number of hydrogen-bond acceptors (Lipinski definition) is 4. The molecule has 8 heteroatoms. The molecule has 1 atom stereocenters. The van der Waals surface area contributed by atoms with E-state index in [0.29, 0.717) is 6.42 Å². The quantitative estimate of drug-likeness (QED) is 0.410. The van der Waals surface area contributed by atoms with Crippen LogP contribution in [-0.2, 0) is 19.2 Å². The van der Waals surface area contributed by atoms with Gasteiger partial charge in [-0.1, -0.05) is 41.0 Å². The predicted octanol–water partition coefficient (Wildman–Crippen LogP) is 2.42. The number of aliphatic carboxylic acids is 4. The van der Waals surface area contributed by atoms with Crippen LogP contribution in [-0.4, -0.2) is 44.3 Å². The molecule has 0 aromatic heterocycles. The van der Waals surface area contributed by atoms with E-state index in [9.17, 15) is 39.6 Å². The van der Waals surface area contributed by atoms with Crippen LogP contribution in [0.25, 0.3) is 0 Å². The van der Waals surface area contributed by atoms with Crippen LogP contribution in [0, 0.1) is 28.6 Å². The van der Waals surface area contributed by atoms with E-state index in [1.807, 2.05) is 0 Å². The fraction of sp³-hybridized carbons (Fsp3) is 0.765. The summed E-state index contributed by atoms with van der Waals surface area (Å²) in [5.41, 5.74) is -4.52. The van der Waals surface area contributed by atoms with Crippen molar-refractivity contribution in [3.05, 3.63) is 0 Å². The van der Waals surface area contributed by atoms with Gasteiger partial charge in [-0.05, 0) is 30.6 Å². The fourth-order valence-corrected chi connectivity index (χ4v) is 3.63. The van der Waals surface area contributed by atoms with Crippen molar-refractivity contribution < 1.29 is 39.6 Å². The molecule has 8 nitrogen and oxygen atoms in total. The summed E-state index contributed by atoms with van der Waals surface area (Å²) in [7, 11) is 0. The molecular formula is C17H28O8. The molecule has 0 saturated carbocycles. The van der Waals surface area contributed by atoms with Gasteiger partial charge in [-0.25, -0.2) is 0 Å². The lowest BCUT2D eigenvalue weighted by Crippen LogP contribution is -2.54. The summed E-state index contributed by atoms with van der Waals surface area (Å²) in [6.07, 6.45) is -0.0845. The maximum absolute atomic E-state index is 11.9. The fourth-order valence-electron chi connectivity index (χ4n) is 3.63. The smallest absolute Gasteiger partial charge is 0.321 e. The molecular weight excluding hydrogens is 332 g/mol. The van der Waals surface area contributed by atoms with Gasteiger partial charge in [0.2, 0.25) is 0 Å². The van der Waals surface area contributed by atoms with Crippen LogP contribution in [0.5, 0.6) is 0 Å². The Bertz CT molecular complexity index is 507. The second-order valence-corrected chi connectivity index (χ2v) is 7.06. The van der Waals surface area contributed by atoms with Crippen molar-refractivity contribution >= 4 is 23.9 Å². The van der Waals surface area contributed by atoms with Gasteiger partial charge in [-0.3, -0.25) is 19.2 Å². The van der Waals surface area contributed by atoms with Crippen molar-refractivity contribution in [2.75, 3.05) is 0 Å². The van der Waals surface area contributed by atoms with Crippen molar-refractivity contribution in [3.63, 3.8) is 0 Å². The molecule has 0 saturated heterocycles. The van der Waals surface area contributed by atoms with Gasteiger partial charge in [0.1, 0.15) is 0 Å². The van der Waals surface area contributed by atoms with E-state index in [2.05, 4.69) is 0 Å². The summed E-state index contributed by atoms with van der Waals surface area (Å²) in [6.45, 7) is 7.42. The average molecular weight is 360 g/mol. The molecule has 25 heavy (non-hydrogen) atoms. The van der Waals surface area contributed by atoms with E-state index in [1.165, 1.54) is 27.7 Å². The Morgan fingerprint density at radius 2 is 1.16 bits per heavy atom. The molecule has 0 rings (SSSR count). The lowest BCUT2D eigenvalue weighted by Gasteiger charge is -2.41. The van der Waals surface area contributed by atoms with Crippen molar-refractivity contribution in [2.24, 2.45) is 28.6 Å². The van der Waals surface area contributed by atoms with Crippen LogP contribution in [0.2, 0.25) is 0 Å². The van der Waals surface area contributed by atoms with Gasteiger partial charge in [0.15, 0.2) is 10.8 Å². The second-order valence-electron chi connectivity index (χ2n) is 7.06. The Kier molecular flexibility index (Phi) is 7.61. The number of carboxylic acids is 4. The standard InChI is InChI=1S/C17H28O8/c1-6-7-11(17(10(4)5,14(22)23)15(24)25)8-16(9(2)3,12(18)19)13(20)21/h9-11H,6-8H2,1-5H3,(H,18,19)(H,20,21)(H,22,23)(H,24,25). The Morgan fingerprint density at radius 3 is 1.36 bits per heavy atom. The molecule has 0 fully saturated rings. The summed E-state index contributed by atoms with van der Waals surface area (Å²) in [5.74, 6) is -9.21. The van der Waals surface area contributed by atoms with Crippen LogP contribution in [0.3, 0.4) is 0 Å². The number of hydrogen-bond donors (Lipinski definition) is 4. The summed E-state index contributed by atoms with van der Waals surface area (Å²) >= 11 is 0. The highest BCUT2D eigenvalue weighted by Crippen LogP contribution is 2.47. The molecule has 0 bridgehead atoms. The monoisotopic (exact) mass is 360 g/mol. The average Bonchev–Trinajstić information content (AvgIpc) is 2.42. The summed E-state index contributed by atoms with van der Waals surface area (Å²) in [4.78, 5) is 47.5. The highest BCUT2D eigenvalue weighted by molar-refractivity contribution is 6.01. The molecule has 144 valence electrons. The van der Waals surface area contributed by atoms with Crippen LogP contribution >= 0.6 is 0 Å². The van der Waals surface area contributed by atoms with Crippen molar-refractivity contribution in [3.8, 4) is 0 Å². The van der Waals surface area contributed by atoms with E-state index >= 15 is 0 Å². The molecule has 0 aliphatic heterocycles. The third-order valence-corrected chi connectivity index (χ3v) is 5.22. The van der Waals surface area contributed by atoms with Gasteiger partial charge in [0, 0.05) is 0 Å². The van der Waals surface area contributed by atoms with Crippen LogP contribution < -0.4 is 0 Å². The first-order valence-corrected chi connectivity index (χ1v) is 8.26. The van der Waals surface area contributed by atoms with Gasteiger partial charge in [0.25, 0.3) is 0 Å². The molecule has 0 aromatic rings. The van der Waals surface area contributed by atoms with E-state index in [-0.39, 0.29) is 6.42 Å². The van der Waals surface area contributed by atoms with Crippen molar-refractivity contribution in [1.82, 2.24) is 0 Å². The van der Waals surface area contributed by atoms with Crippen LogP contribution in [0.1, 0.15) is 53.9 Å². The number of rotatable bonds is 11. The van der Waals surface area contributed by atoms with Crippen LogP contribution in [0.15, 0.2) is 0 Å². The van der Waals surface area contributed by atoms with E-state index < -0.39 is 58.9 Å². The van der Waals surface area contributed by atoms with E-state index in [0.717, 1.165) is 0 Å². The predicted molar refractivity (Wildman–Crippen MR) is 88.1 cm³/mol. The molecule has 0 radical (unpaired) electrons. The zero-order chi connectivity index (χ0) is 20.2. The van der Waals surface area contributed by atoms with Gasteiger partial charge < -0.3 is 20.4 Å². The number of carbonyl (C=O) groups is 4. The molecule has 0 aromatic carbocycles. The van der Waals surface area contributed by atoms with E-state index in [4.69, 9.17) is 0 Å². The minimum Gasteiger partial charge on any atom is -0.480 e. The minimum atomic E-state index is -2.26. The molecule has 1 unspecified atom stereocenters. The molecule has 0 aliphatic carbocycles. The maximum Gasteiger partial charge on any atom is 0.321 e. The van der Waals surface area contributed by atoms with Crippen molar-refractivity contribution in [1.29, 1.82) is 0 Å². The molecule has 0 amide bonds. The third kappa shape index (κ3) is 3.77. The minimum absolute atomic E-state index is 0.0891. The first kappa shape index (κ1) is 22.9. The second kappa shape index (κ2) is 8.31. The highest BCUT2D eigenvalue weighted by Gasteiger charge is 2.60. The molecule has 0 heterocycles. The number of carboxylic acid groups (broad SMARTS) is 4. The largest absolute Gasteiger partial charge is 0.480 e. The third-order valence-electron chi connectivity index (χ3n) is 5.22. The van der Waals surface area contributed by atoms with Gasteiger partial charge in [0.05, 0.1) is 0 Å². The maximum atomic E-state index is 11.9. The SMILES string of the molecule is CCCC(CC(C(=O)O)(C(=O)O)C(C)C)C(C(=O)O)(C(=O)O)C(C)C. The zero-order valence-corrected chi connectivity index (χ0v) is 15.3. The highest BCUT2D eigenvalue weighted by atomic mass is 16.4. The lowest BCUT2D eigenvalue weighted by molar-refractivity contribution is -0.183. The molecule has 0 spiro atoms. The van der Waals surface area contributed by atoms with Gasteiger partial charge >= 0.3 is 23.9 Å². The Balaban J connectivity index is 6.53. The molecule has 0 aliphatic rings. The Hall–Kier alpha value is -2.12. The van der Waals surface area contributed by atoms with Gasteiger partial charge in [-0.2, -0.15) is 0 Å². The summed E-state index contributed by atoms with van der Waals surface area (Å²) < 4.78 is 0. The zero-order valence-electron chi connectivity index (χ0n) is 15.3. The first-order chi connectivity index (χ1) is 11.3. The normalized spacial score (nSPS) is 13.7. The Labute approximate surface area is 146 Å². The lowest BCUT2D eigenvalue weighted by atomic mass is 9.59. The van der Waals surface area contributed by atoms with Gasteiger partial charge in [-0.15, -0.1) is 0 Å². The summed E-state index contributed by atoms with van der Waals surface area (Å²) in [5, 5.41) is 38.6. The Morgan fingerprint density at radius 1 is 0.760 bits per heavy atom. The van der Waals surface area contributed by atoms with Crippen LogP contribution in [0.4, 0.5) is 0 Å². The van der Waals surface area contributed by atoms with Crippen molar-refractivity contribution in [2.45, 2.75) is 53.9 Å². The van der Waals surface area contributed by atoms with E-state index in [1.54, 1.807) is 6.92 Å². The molecule has 4 N–H and O–H groups in total. The first-order valence-electron chi connectivity index (χ1n) is 8.26. The summed E-state index contributed by atoms with van der Waals surface area (Å²) in [6, 6.07) is 0.